The Morgan fingerprint density at radius 3 is 2.17 bits per heavy atom. The fraction of sp³-hybridized carbons (Fsp3) is 0.190. The zero-order valence-corrected chi connectivity index (χ0v) is 16.8. The summed E-state index contributed by atoms with van der Waals surface area (Å²) >= 11 is 12.1. The summed E-state index contributed by atoms with van der Waals surface area (Å²) in [6.45, 7) is 1.36. The van der Waals surface area contributed by atoms with E-state index in [0.29, 0.717) is 52.7 Å². The minimum Gasteiger partial charge on any atom is -0.360 e. The van der Waals surface area contributed by atoms with Crippen molar-refractivity contribution in [3.05, 3.63) is 69.8 Å². The number of amides is 2. The van der Waals surface area contributed by atoms with Crippen molar-refractivity contribution in [3.63, 3.8) is 0 Å². The van der Waals surface area contributed by atoms with Crippen LogP contribution in [-0.4, -0.2) is 58.6 Å². The number of carbonyl (C=O) groups excluding carboxylic acids is 3. The molecule has 1 saturated heterocycles. The van der Waals surface area contributed by atoms with Crippen molar-refractivity contribution in [1.82, 2.24) is 14.8 Å². The maximum absolute atomic E-state index is 12.8. The maximum atomic E-state index is 12.8. The summed E-state index contributed by atoms with van der Waals surface area (Å²) in [6.07, 6.45) is 1.49. The monoisotopic (exact) mass is 429 g/mol. The lowest BCUT2D eigenvalue weighted by Gasteiger charge is -2.34. The molecule has 0 spiro atoms. The topological polar surface area (TPSA) is 73.5 Å². The largest absolute Gasteiger partial charge is 0.360 e. The van der Waals surface area contributed by atoms with Gasteiger partial charge < -0.3 is 14.8 Å². The van der Waals surface area contributed by atoms with Crippen LogP contribution in [0.15, 0.2) is 48.7 Å². The van der Waals surface area contributed by atoms with E-state index in [9.17, 15) is 14.4 Å². The number of aromatic amines is 1. The quantitative estimate of drug-likeness (QED) is 0.510. The van der Waals surface area contributed by atoms with Crippen LogP contribution in [0.25, 0.3) is 10.9 Å². The average Bonchev–Trinajstić information content (AvgIpc) is 3.15. The SMILES string of the molecule is O=C(C(=O)N1CCN(C(=O)c2ccccc2)CC1)c1c[nH]c2cc(Cl)c(Cl)cc12. The Kier molecular flexibility index (Phi) is 5.30. The predicted molar refractivity (Wildman–Crippen MR) is 112 cm³/mol. The normalized spacial score (nSPS) is 14.3. The average molecular weight is 430 g/mol. The molecule has 3 aromatic rings. The molecular weight excluding hydrogens is 413 g/mol. The second-order valence-corrected chi connectivity index (χ2v) is 7.61. The minimum absolute atomic E-state index is 0.0767. The highest BCUT2D eigenvalue weighted by Gasteiger charge is 2.30. The van der Waals surface area contributed by atoms with Crippen LogP contribution in [-0.2, 0) is 4.79 Å². The maximum Gasteiger partial charge on any atom is 0.295 e. The van der Waals surface area contributed by atoms with Crippen LogP contribution < -0.4 is 0 Å². The predicted octanol–water partition coefficient (Wildman–Crippen LogP) is 3.64. The Bertz CT molecular complexity index is 1100. The van der Waals surface area contributed by atoms with Crippen molar-refractivity contribution in [2.45, 2.75) is 0 Å². The van der Waals surface area contributed by atoms with Crippen molar-refractivity contribution < 1.29 is 14.4 Å². The first kappa shape index (κ1) is 19.5. The molecule has 0 bridgehead atoms. The number of ketones is 1. The zero-order chi connectivity index (χ0) is 20.5. The number of hydrogen-bond acceptors (Lipinski definition) is 3. The number of carbonyl (C=O) groups is 3. The Morgan fingerprint density at radius 2 is 1.48 bits per heavy atom. The van der Waals surface area contributed by atoms with E-state index in [-0.39, 0.29) is 11.5 Å². The number of H-pyrrole nitrogens is 1. The molecule has 0 radical (unpaired) electrons. The number of Topliss-reactive ketones (excluding diaryl/α,β-unsaturated/α-hetero) is 1. The van der Waals surface area contributed by atoms with Crippen LogP contribution in [0.1, 0.15) is 20.7 Å². The van der Waals surface area contributed by atoms with Crippen LogP contribution in [0.5, 0.6) is 0 Å². The van der Waals surface area contributed by atoms with E-state index in [1.54, 1.807) is 29.2 Å². The third kappa shape index (κ3) is 3.73. The minimum atomic E-state index is -0.613. The first-order chi connectivity index (χ1) is 14.0. The molecule has 29 heavy (non-hydrogen) atoms. The highest BCUT2D eigenvalue weighted by molar-refractivity contribution is 6.46. The molecule has 4 rings (SSSR count). The number of halogens is 2. The molecule has 2 amide bonds. The summed E-state index contributed by atoms with van der Waals surface area (Å²) in [7, 11) is 0. The van der Waals surface area contributed by atoms with Gasteiger partial charge in [-0.3, -0.25) is 14.4 Å². The smallest absolute Gasteiger partial charge is 0.295 e. The van der Waals surface area contributed by atoms with E-state index in [1.807, 2.05) is 18.2 Å². The third-order valence-corrected chi connectivity index (χ3v) is 5.76. The van der Waals surface area contributed by atoms with Crippen LogP contribution in [0.4, 0.5) is 0 Å². The molecule has 0 atom stereocenters. The van der Waals surface area contributed by atoms with Gasteiger partial charge in [0.1, 0.15) is 0 Å². The number of aromatic nitrogens is 1. The number of hydrogen-bond donors (Lipinski definition) is 1. The summed E-state index contributed by atoms with van der Waals surface area (Å²) in [4.78, 5) is 44.2. The molecule has 8 heteroatoms. The second-order valence-electron chi connectivity index (χ2n) is 6.79. The highest BCUT2D eigenvalue weighted by atomic mass is 35.5. The Morgan fingerprint density at radius 1 is 0.862 bits per heavy atom. The third-order valence-electron chi connectivity index (χ3n) is 5.04. The van der Waals surface area contributed by atoms with Crippen molar-refractivity contribution in [1.29, 1.82) is 0 Å². The first-order valence-electron chi connectivity index (χ1n) is 9.10. The van der Waals surface area contributed by atoms with Gasteiger partial charge in [0.15, 0.2) is 0 Å². The number of nitrogens with zero attached hydrogens (tertiary/aromatic N) is 2. The molecule has 2 heterocycles. The molecular formula is C21H17Cl2N3O3. The van der Waals surface area contributed by atoms with Crippen LogP contribution in [0, 0.1) is 0 Å². The van der Waals surface area contributed by atoms with Gasteiger partial charge in [0.2, 0.25) is 0 Å². The Labute approximate surface area is 177 Å². The van der Waals surface area contributed by atoms with E-state index in [2.05, 4.69) is 4.98 Å². The van der Waals surface area contributed by atoms with Gasteiger partial charge in [0, 0.05) is 48.8 Å². The van der Waals surface area contributed by atoms with Crippen LogP contribution in [0.3, 0.4) is 0 Å². The second kappa shape index (κ2) is 7.89. The van der Waals surface area contributed by atoms with Crippen LogP contribution in [0.2, 0.25) is 10.0 Å². The van der Waals surface area contributed by atoms with Gasteiger partial charge >= 0.3 is 0 Å². The van der Waals surface area contributed by atoms with Gasteiger partial charge in [-0.05, 0) is 24.3 Å². The van der Waals surface area contributed by atoms with E-state index >= 15 is 0 Å². The van der Waals surface area contributed by atoms with Crippen molar-refractivity contribution >= 4 is 51.7 Å². The number of benzene rings is 2. The molecule has 0 aliphatic carbocycles. The molecule has 6 nitrogen and oxygen atoms in total. The lowest BCUT2D eigenvalue weighted by Crippen LogP contribution is -2.52. The number of rotatable bonds is 3. The lowest BCUT2D eigenvalue weighted by molar-refractivity contribution is -0.127. The van der Waals surface area contributed by atoms with Gasteiger partial charge in [0.05, 0.1) is 15.6 Å². The molecule has 1 aliphatic heterocycles. The Hall–Kier alpha value is -2.83. The summed E-state index contributed by atoms with van der Waals surface area (Å²) in [5.41, 5.74) is 1.50. The molecule has 148 valence electrons. The Balaban J connectivity index is 1.45. The van der Waals surface area contributed by atoms with Gasteiger partial charge in [-0.15, -0.1) is 0 Å². The zero-order valence-electron chi connectivity index (χ0n) is 15.3. The van der Waals surface area contributed by atoms with Gasteiger partial charge in [0.25, 0.3) is 17.6 Å². The summed E-state index contributed by atoms with van der Waals surface area (Å²) in [5, 5.41) is 1.23. The van der Waals surface area contributed by atoms with Crippen molar-refractivity contribution in [2.75, 3.05) is 26.2 Å². The molecule has 0 unspecified atom stereocenters. The van der Waals surface area contributed by atoms with E-state index < -0.39 is 11.7 Å². The molecule has 0 saturated carbocycles. The van der Waals surface area contributed by atoms with Gasteiger partial charge in [-0.1, -0.05) is 41.4 Å². The highest BCUT2D eigenvalue weighted by Crippen LogP contribution is 2.29. The van der Waals surface area contributed by atoms with E-state index in [4.69, 9.17) is 23.2 Å². The van der Waals surface area contributed by atoms with Crippen molar-refractivity contribution in [2.24, 2.45) is 0 Å². The standard InChI is InChI=1S/C21H17Cl2N3O3/c22-16-10-14-15(12-24-18(14)11-17(16)23)19(27)21(29)26-8-6-25(7-9-26)20(28)13-4-2-1-3-5-13/h1-5,10-12,24H,6-9H2. The summed E-state index contributed by atoms with van der Waals surface area (Å²) < 4.78 is 0. The summed E-state index contributed by atoms with van der Waals surface area (Å²) in [6, 6.07) is 12.2. The molecule has 1 aliphatic rings. The lowest BCUT2D eigenvalue weighted by atomic mass is 10.1. The van der Waals surface area contributed by atoms with Gasteiger partial charge in [-0.2, -0.15) is 0 Å². The van der Waals surface area contributed by atoms with Crippen LogP contribution >= 0.6 is 23.2 Å². The molecule has 2 aromatic carbocycles. The molecule has 1 N–H and O–H groups in total. The van der Waals surface area contributed by atoms with Crippen molar-refractivity contribution in [3.8, 4) is 0 Å². The number of piperazine rings is 1. The van der Waals surface area contributed by atoms with Gasteiger partial charge in [-0.25, -0.2) is 0 Å². The number of nitrogens with one attached hydrogen (secondary N) is 1. The van der Waals surface area contributed by atoms with E-state index in [1.165, 1.54) is 11.1 Å². The fourth-order valence-corrected chi connectivity index (χ4v) is 3.77. The number of fused-ring (bicyclic) bond motifs is 1. The molecule has 1 fully saturated rings. The fourth-order valence-electron chi connectivity index (χ4n) is 3.44. The van der Waals surface area contributed by atoms with E-state index in [0.717, 1.165) is 0 Å². The first-order valence-corrected chi connectivity index (χ1v) is 9.85. The molecule has 1 aromatic heterocycles. The summed E-state index contributed by atoms with van der Waals surface area (Å²) in [5.74, 6) is -1.28.